The number of benzene rings is 1. The number of nitrogens with zero attached hydrogens (tertiary/aromatic N) is 2. The van der Waals surface area contributed by atoms with E-state index >= 15 is 0 Å². The van der Waals surface area contributed by atoms with Gasteiger partial charge in [-0.2, -0.15) is 0 Å². The molecule has 1 aromatic rings. The van der Waals surface area contributed by atoms with E-state index in [0.717, 1.165) is 44.6 Å². The molecule has 25 heavy (non-hydrogen) atoms. The Morgan fingerprint density at radius 1 is 1.08 bits per heavy atom. The lowest BCUT2D eigenvalue weighted by Crippen LogP contribution is -2.32. The third-order valence-electron chi connectivity index (χ3n) is 4.71. The Bertz CT molecular complexity index is 551. The van der Waals surface area contributed by atoms with Crippen LogP contribution in [0.4, 0.5) is 11.4 Å². The standard InChI is InChI=1S/C20H31N3O2/c1-3-4-5-13-22(17(2)24)16-12-20(25)21-18-8-10-19(11-9-18)23-14-6-7-15-23/h8-11H,3-7,12-16H2,1-2H3,(H,21,25). The molecule has 2 rings (SSSR count). The summed E-state index contributed by atoms with van der Waals surface area (Å²) in [5.41, 5.74) is 2.03. The normalized spacial score (nSPS) is 13.8. The molecular weight excluding hydrogens is 314 g/mol. The van der Waals surface area contributed by atoms with Crippen LogP contribution in [0.1, 0.15) is 52.4 Å². The van der Waals surface area contributed by atoms with E-state index < -0.39 is 0 Å². The van der Waals surface area contributed by atoms with Gasteiger partial charge in [-0.15, -0.1) is 0 Å². The second kappa shape index (κ2) is 10.1. The zero-order valence-electron chi connectivity index (χ0n) is 15.6. The summed E-state index contributed by atoms with van der Waals surface area (Å²) in [4.78, 5) is 28.0. The van der Waals surface area contributed by atoms with Gasteiger partial charge in [0.25, 0.3) is 0 Å². The van der Waals surface area contributed by atoms with E-state index in [9.17, 15) is 9.59 Å². The molecule has 1 aliphatic rings. The van der Waals surface area contributed by atoms with Gasteiger partial charge in [0.1, 0.15) is 0 Å². The summed E-state index contributed by atoms with van der Waals surface area (Å²) in [7, 11) is 0. The van der Waals surface area contributed by atoms with E-state index in [-0.39, 0.29) is 11.8 Å². The van der Waals surface area contributed by atoms with Crippen LogP contribution in [0.2, 0.25) is 0 Å². The minimum atomic E-state index is -0.0457. The summed E-state index contributed by atoms with van der Waals surface area (Å²) < 4.78 is 0. The van der Waals surface area contributed by atoms with Gasteiger partial charge in [-0.1, -0.05) is 19.8 Å². The third kappa shape index (κ3) is 6.40. The fourth-order valence-electron chi connectivity index (χ4n) is 3.17. The van der Waals surface area contributed by atoms with E-state index in [2.05, 4.69) is 29.3 Å². The van der Waals surface area contributed by atoms with Crippen LogP contribution in [0.15, 0.2) is 24.3 Å². The quantitative estimate of drug-likeness (QED) is 0.695. The second-order valence-electron chi connectivity index (χ2n) is 6.75. The Hall–Kier alpha value is -2.04. The van der Waals surface area contributed by atoms with E-state index in [1.165, 1.54) is 18.5 Å². The molecule has 0 unspecified atom stereocenters. The predicted molar refractivity (Wildman–Crippen MR) is 103 cm³/mol. The van der Waals surface area contributed by atoms with E-state index in [1.54, 1.807) is 11.8 Å². The van der Waals surface area contributed by atoms with Gasteiger partial charge in [-0.05, 0) is 43.5 Å². The zero-order valence-corrected chi connectivity index (χ0v) is 15.6. The lowest BCUT2D eigenvalue weighted by molar-refractivity contribution is -0.129. The first kappa shape index (κ1) is 19.3. The number of unbranched alkanes of at least 4 members (excludes halogenated alkanes) is 2. The van der Waals surface area contributed by atoms with Crippen molar-refractivity contribution < 1.29 is 9.59 Å². The molecule has 1 aromatic carbocycles. The minimum absolute atomic E-state index is 0.0406. The van der Waals surface area contributed by atoms with E-state index in [1.807, 2.05) is 12.1 Å². The van der Waals surface area contributed by atoms with Crippen LogP contribution < -0.4 is 10.2 Å². The number of hydrogen-bond donors (Lipinski definition) is 1. The summed E-state index contributed by atoms with van der Waals surface area (Å²) in [6.07, 6.45) is 6.07. The monoisotopic (exact) mass is 345 g/mol. The molecule has 5 heteroatoms. The molecule has 1 aliphatic heterocycles. The predicted octanol–water partition coefficient (Wildman–Crippen LogP) is 3.65. The van der Waals surface area contributed by atoms with Crippen LogP contribution >= 0.6 is 0 Å². The van der Waals surface area contributed by atoms with Gasteiger partial charge < -0.3 is 15.1 Å². The van der Waals surface area contributed by atoms with Crippen molar-refractivity contribution in [3.05, 3.63) is 24.3 Å². The summed E-state index contributed by atoms with van der Waals surface area (Å²) in [5.74, 6) is -0.00506. The van der Waals surface area contributed by atoms with Gasteiger partial charge in [0, 0.05) is 50.9 Å². The number of carbonyl (C=O) groups excluding carboxylic acids is 2. The molecule has 0 aliphatic carbocycles. The molecule has 0 atom stereocenters. The summed E-state index contributed by atoms with van der Waals surface area (Å²) in [6.45, 7) is 7.16. The fourth-order valence-corrected chi connectivity index (χ4v) is 3.17. The fraction of sp³-hybridized carbons (Fsp3) is 0.600. The van der Waals surface area contributed by atoms with Crippen LogP contribution in [-0.2, 0) is 9.59 Å². The molecule has 0 radical (unpaired) electrons. The van der Waals surface area contributed by atoms with Crippen molar-refractivity contribution >= 4 is 23.2 Å². The van der Waals surface area contributed by atoms with Crippen LogP contribution in [0.25, 0.3) is 0 Å². The SMILES string of the molecule is CCCCCN(CCC(=O)Nc1ccc(N2CCCC2)cc1)C(C)=O. The Labute approximate surface area is 151 Å². The maximum Gasteiger partial charge on any atom is 0.226 e. The molecular formula is C20H31N3O2. The van der Waals surface area contributed by atoms with Gasteiger partial charge in [0.15, 0.2) is 0 Å². The van der Waals surface area contributed by atoms with Crippen molar-refractivity contribution in [2.45, 2.75) is 52.4 Å². The van der Waals surface area contributed by atoms with Crippen LogP contribution in [0, 0.1) is 0 Å². The number of amides is 2. The van der Waals surface area contributed by atoms with Crippen LogP contribution in [-0.4, -0.2) is 42.9 Å². The van der Waals surface area contributed by atoms with Gasteiger partial charge in [-0.25, -0.2) is 0 Å². The molecule has 1 N–H and O–H groups in total. The molecule has 1 saturated heterocycles. The lowest BCUT2D eigenvalue weighted by atomic mass is 10.2. The van der Waals surface area contributed by atoms with Crippen molar-refractivity contribution in [1.82, 2.24) is 4.90 Å². The Morgan fingerprint density at radius 2 is 1.76 bits per heavy atom. The van der Waals surface area contributed by atoms with Crippen molar-refractivity contribution in [2.75, 3.05) is 36.4 Å². The highest BCUT2D eigenvalue weighted by Crippen LogP contribution is 2.22. The number of anilines is 2. The largest absolute Gasteiger partial charge is 0.372 e. The highest BCUT2D eigenvalue weighted by molar-refractivity contribution is 5.91. The highest BCUT2D eigenvalue weighted by atomic mass is 16.2. The molecule has 0 aromatic heterocycles. The molecule has 0 spiro atoms. The minimum Gasteiger partial charge on any atom is -0.372 e. The Kier molecular flexibility index (Phi) is 7.76. The molecule has 5 nitrogen and oxygen atoms in total. The Morgan fingerprint density at radius 3 is 2.36 bits per heavy atom. The average Bonchev–Trinajstić information content (AvgIpc) is 3.13. The van der Waals surface area contributed by atoms with Crippen LogP contribution in [0.3, 0.4) is 0 Å². The molecule has 0 saturated carbocycles. The first-order chi connectivity index (χ1) is 12.1. The lowest BCUT2D eigenvalue weighted by Gasteiger charge is -2.21. The van der Waals surface area contributed by atoms with Crippen molar-refractivity contribution in [3.8, 4) is 0 Å². The number of nitrogens with one attached hydrogen (secondary N) is 1. The first-order valence-corrected chi connectivity index (χ1v) is 9.50. The smallest absolute Gasteiger partial charge is 0.226 e. The van der Waals surface area contributed by atoms with Crippen molar-refractivity contribution in [1.29, 1.82) is 0 Å². The van der Waals surface area contributed by atoms with E-state index in [4.69, 9.17) is 0 Å². The van der Waals surface area contributed by atoms with Gasteiger partial charge >= 0.3 is 0 Å². The molecule has 1 fully saturated rings. The second-order valence-corrected chi connectivity index (χ2v) is 6.75. The molecule has 138 valence electrons. The van der Waals surface area contributed by atoms with Gasteiger partial charge in [0.2, 0.25) is 11.8 Å². The molecule has 0 bridgehead atoms. The first-order valence-electron chi connectivity index (χ1n) is 9.50. The summed E-state index contributed by atoms with van der Waals surface area (Å²) in [5, 5.41) is 2.93. The van der Waals surface area contributed by atoms with Crippen molar-refractivity contribution in [2.24, 2.45) is 0 Å². The topological polar surface area (TPSA) is 52.7 Å². The average molecular weight is 345 g/mol. The molecule has 2 amide bonds. The number of hydrogen-bond acceptors (Lipinski definition) is 3. The molecule has 1 heterocycles. The van der Waals surface area contributed by atoms with Crippen molar-refractivity contribution in [3.63, 3.8) is 0 Å². The maximum atomic E-state index is 12.2. The highest BCUT2D eigenvalue weighted by Gasteiger charge is 2.13. The van der Waals surface area contributed by atoms with Crippen LogP contribution in [0.5, 0.6) is 0 Å². The van der Waals surface area contributed by atoms with Gasteiger partial charge in [-0.3, -0.25) is 9.59 Å². The van der Waals surface area contributed by atoms with Gasteiger partial charge in [0.05, 0.1) is 0 Å². The number of rotatable bonds is 9. The third-order valence-corrected chi connectivity index (χ3v) is 4.71. The summed E-state index contributed by atoms with van der Waals surface area (Å²) >= 11 is 0. The summed E-state index contributed by atoms with van der Waals surface area (Å²) in [6, 6.07) is 8.03. The zero-order chi connectivity index (χ0) is 18.1. The number of carbonyl (C=O) groups is 2. The van der Waals surface area contributed by atoms with E-state index in [0.29, 0.717) is 13.0 Å². The Balaban J connectivity index is 1.77. The maximum absolute atomic E-state index is 12.2.